The van der Waals surface area contributed by atoms with E-state index in [1.165, 1.54) is 0 Å². The summed E-state index contributed by atoms with van der Waals surface area (Å²) in [7, 11) is 0. The van der Waals surface area contributed by atoms with Gasteiger partial charge in [-0.3, -0.25) is 9.59 Å². The summed E-state index contributed by atoms with van der Waals surface area (Å²) in [6.07, 6.45) is 1.20. The summed E-state index contributed by atoms with van der Waals surface area (Å²) in [4.78, 5) is 24.4. The Morgan fingerprint density at radius 2 is 1.95 bits per heavy atom. The molecular formula is C16H22N2O3. The molecule has 1 aromatic rings. The molecule has 1 saturated heterocycles. The number of carbonyl (C=O) groups excluding carboxylic acids is 2. The summed E-state index contributed by atoms with van der Waals surface area (Å²) in [5.41, 5.74) is 0.640. The minimum Gasteiger partial charge on any atom is -0.368 e. The Morgan fingerprint density at radius 1 is 1.24 bits per heavy atom. The van der Waals surface area contributed by atoms with Gasteiger partial charge in [-0.05, 0) is 45.7 Å². The van der Waals surface area contributed by atoms with Gasteiger partial charge in [0, 0.05) is 12.1 Å². The van der Waals surface area contributed by atoms with Gasteiger partial charge in [0.25, 0.3) is 11.8 Å². The van der Waals surface area contributed by atoms with Gasteiger partial charge in [0.2, 0.25) is 0 Å². The van der Waals surface area contributed by atoms with Crippen LogP contribution in [0.1, 0.15) is 44.0 Å². The lowest BCUT2D eigenvalue weighted by molar-refractivity contribution is -0.124. The number of benzene rings is 1. The Hall–Kier alpha value is -1.88. The van der Waals surface area contributed by atoms with Gasteiger partial charge >= 0.3 is 0 Å². The van der Waals surface area contributed by atoms with Crippen LogP contribution in [-0.2, 0) is 9.53 Å². The molecule has 0 radical (unpaired) electrons. The van der Waals surface area contributed by atoms with Crippen molar-refractivity contribution >= 4 is 17.5 Å². The highest BCUT2D eigenvalue weighted by Gasteiger charge is 2.25. The van der Waals surface area contributed by atoms with Crippen molar-refractivity contribution in [3.05, 3.63) is 29.8 Å². The molecule has 1 aliphatic heterocycles. The summed E-state index contributed by atoms with van der Waals surface area (Å²) >= 11 is 0. The smallest absolute Gasteiger partial charge is 0.253 e. The summed E-state index contributed by atoms with van der Waals surface area (Å²) in [6.45, 7) is 6.36. The van der Waals surface area contributed by atoms with Crippen molar-refractivity contribution in [2.75, 3.05) is 11.9 Å². The first kappa shape index (κ1) is 15.5. The Labute approximate surface area is 125 Å². The highest BCUT2D eigenvalue weighted by atomic mass is 16.5. The number of hydrogen-bond acceptors (Lipinski definition) is 3. The zero-order chi connectivity index (χ0) is 15.5. The van der Waals surface area contributed by atoms with E-state index in [9.17, 15) is 9.59 Å². The highest BCUT2D eigenvalue weighted by molar-refractivity contribution is 6.04. The first-order valence-corrected chi connectivity index (χ1v) is 7.21. The lowest BCUT2D eigenvalue weighted by atomic mass is 10.1. The topological polar surface area (TPSA) is 67.4 Å². The molecule has 1 aromatic carbocycles. The average Bonchev–Trinajstić information content (AvgIpc) is 2.91. The summed E-state index contributed by atoms with van der Waals surface area (Å²) in [5.74, 6) is -0.394. The van der Waals surface area contributed by atoms with E-state index in [1.54, 1.807) is 24.3 Å². The van der Waals surface area contributed by atoms with E-state index in [2.05, 4.69) is 10.6 Å². The molecule has 0 spiro atoms. The molecule has 0 bridgehead atoms. The quantitative estimate of drug-likeness (QED) is 0.898. The Kier molecular flexibility index (Phi) is 4.63. The van der Waals surface area contributed by atoms with Gasteiger partial charge in [-0.15, -0.1) is 0 Å². The molecule has 1 heterocycles. The molecule has 1 aliphatic rings. The molecular weight excluding hydrogens is 268 g/mol. The molecule has 1 atom stereocenters. The Morgan fingerprint density at radius 3 is 2.57 bits per heavy atom. The van der Waals surface area contributed by atoms with Crippen LogP contribution < -0.4 is 10.6 Å². The standard InChI is InChI=1S/C16H22N2O3/c1-16(2,3)18-14(19)11-7-4-5-8-12(11)17-15(20)13-9-6-10-21-13/h4-5,7-8,13H,6,9-10H2,1-3H3,(H,17,20)(H,18,19)/t13-/m0/s1. The monoisotopic (exact) mass is 290 g/mol. The van der Waals surface area contributed by atoms with Gasteiger partial charge < -0.3 is 15.4 Å². The molecule has 5 heteroatoms. The highest BCUT2D eigenvalue weighted by Crippen LogP contribution is 2.19. The first-order valence-electron chi connectivity index (χ1n) is 7.21. The van der Waals surface area contributed by atoms with Gasteiger partial charge in [-0.25, -0.2) is 0 Å². The fourth-order valence-corrected chi connectivity index (χ4v) is 2.20. The molecule has 0 saturated carbocycles. The fourth-order valence-electron chi connectivity index (χ4n) is 2.20. The zero-order valence-corrected chi connectivity index (χ0v) is 12.7. The van der Waals surface area contributed by atoms with Gasteiger partial charge in [0.15, 0.2) is 0 Å². The zero-order valence-electron chi connectivity index (χ0n) is 12.7. The van der Waals surface area contributed by atoms with Crippen LogP contribution in [-0.4, -0.2) is 30.1 Å². The van der Waals surface area contributed by atoms with E-state index in [1.807, 2.05) is 20.8 Å². The van der Waals surface area contributed by atoms with Crippen LogP contribution in [0.5, 0.6) is 0 Å². The van der Waals surface area contributed by atoms with E-state index in [4.69, 9.17) is 4.74 Å². The number of carbonyl (C=O) groups is 2. The second-order valence-corrected chi connectivity index (χ2v) is 6.24. The fraction of sp³-hybridized carbons (Fsp3) is 0.500. The minimum absolute atomic E-state index is 0.191. The van der Waals surface area contributed by atoms with E-state index in [0.29, 0.717) is 17.9 Å². The number of para-hydroxylation sites is 1. The third-order valence-electron chi connectivity index (χ3n) is 3.14. The van der Waals surface area contributed by atoms with Crippen molar-refractivity contribution < 1.29 is 14.3 Å². The van der Waals surface area contributed by atoms with Crippen LogP contribution in [0.15, 0.2) is 24.3 Å². The van der Waals surface area contributed by atoms with E-state index in [-0.39, 0.29) is 17.4 Å². The molecule has 0 unspecified atom stereocenters. The van der Waals surface area contributed by atoms with Crippen LogP contribution >= 0.6 is 0 Å². The largest absolute Gasteiger partial charge is 0.368 e. The van der Waals surface area contributed by atoms with E-state index < -0.39 is 6.10 Å². The van der Waals surface area contributed by atoms with Crippen LogP contribution in [0.4, 0.5) is 5.69 Å². The summed E-state index contributed by atoms with van der Waals surface area (Å²) in [5, 5.41) is 5.69. The third-order valence-corrected chi connectivity index (χ3v) is 3.14. The number of ether oxygens (including phenoxy) is 1. The van der Waals surface area contributed by atoms with Crippen molar-refractivity contribution in [1.29, 1.82) is 0 Å². The van der Waals surface area contributed by atoms with Crippen LogP contribution in [0, 0.1) is 0 Å². The predicted octanol–water partition coefficient (Wildman–Crippen LogP) is 2.33. The van der Waals surface area contributed by atoms with Crippen LogP contribution in [0.25, 0.3) is 0 Å². The first-order chi connectivity index (χ1) is 9.87. The second-order valence-electron chi connectivity index (χ2n) is 6.24. The van der Waals surface area contributed by atoms with Gasteiger partial charge in [-0.1, -0.05) is 12.1 Å². The second kappa shape index (κ2) is 6.26. The molecule has 114 valence electrons. The molecule has 0 aromatic heterocycles. The molecule has 0 aliphatic carbocycles. The van der Waals surface area contributed by atoms with Crippen LogP contribution in [0.3, 0.4) is 0 Å². The molecule has 2 rings (SSSR count). The van der Waals surface area contributed by atoms with Crippen molar-refractivity contribution in [2.45, 2.75) is 45.3 Å². The normalized spacial score (nSPS) is 18.3. The number of hydrogen-bond donors (Lipinski definition) is 2. The van der Waals surface area contributed by atoms with Crippen molar-refractivity contribution in [3.63, 3.8) is 0 Å². The van der Waals surface area contributed by atoms with E-state index >= 15 is 0 Å². The lowest BCUT2D eigenvalue weighted by Crippen LogP contribution is -2.41. The van der Waals surface area contributed by atoms with Crippen molar-refractivity contribution in [1.82, 2.24) is 5.32 Å². The summed E-state index contributed by atoms with van der Waals surface area (Å²) in [6, 6.07) is 6.99. The number of amides is 2. The van der Waals surface area contributed by atoms with Gasteiger partial charge in [0.1, 0.15) is 6.10 Å². The Balaban J connectivity index is 2.13. The van der Waals surface area contributed by atoms with Gasteiger partial charge in [0.05, 0.1) is 11.3 Å². The molecule has 1 fully saturated rings. The van der Waals surface area contributed by atoms with Gasteiger partial charge in [-0.2, -0.15) is 0 Å². The maximum atomic E-state index is 12.3. The van der Waals surface area contributed by atoms with E-state index in [0.717, 1.165) is 12.8 Å². The SMILES string of the molecule is CC(C)(C)NC(=O)c1ccccc1NC(=O)[C@@H]1CCCO1. The lowest BCUT2D eigenvalue weighted by Gasteiger charge is -2.21. The number of rotatable bonds is 3. The average molecular weight is 290 g/mol. The maximum absolute atomic E-state index is 12.3. The maximum Gasteiger partial charge on any atom is 0.253 e. The number of anilines is 1. The predicted molar refractivity (Wildman–Crippen MR) is 81.3 cm³/mol. The minimum atomic E-state index is -0.413. The molecule has 2 amide bonds. The third kappa shape index (κ3) is 4.29. The van der Waals surface area contributed by atoms with Crippen LogP contribution in [0.2, 0.25) is 0 Å². The molecule has 2 N–H and O–H groups in total. The molecule has 21 heavy (non-hydrogen) atoms. The Bertz CT molecular complexity index is 529. The number of nitrogens with one attached hydrogen (secondary N) is 2. The summed E-state index contributed by atoms with van der Waals surface area (Å²) < 4.78 is 5.36. The van der Waals surface area contributed by atoms with Crippen molar-refractivity contribution in [3.8, 4) is 0 Å². The molecule has 5 nitrogen and oxygen atoms in total. The van der Waals surface area contributed by atoms with Crippen molar-refractivity contribution in [2.24, 2.45) is 0 Å².